The van der Waals surface area contributed by atoms with Crippen LogP contribution in [-0.2, 0) is 11.3 Å². The number of hydrogen-bond acceptors (Lipinski definition) is 3. The van der Waals surface area contributed by atoms with E-state index in [4.69, 9.17) is 0 Å². The van der Waals surface area contributed by atoms with Gasteiger partial charge in [-0.05, 0) is 50.2 Å². The van der Waals surface area contributed by atoms with E-state index in [1.165, 1.54) is 24.1 Å². The third-order valence-corrected chi connectivity index (χ3v) is 5.61. The average Bonchev–Trinajstić information content (AvgIpc) is 2.86. The number of hydrogen-bond donors (Lipinski definition) is 0. The number of fused-ring (bicyclic) bond motifs is 1. The molecule has 0 aromatic carbocycles. The predicted octanol–water partition coefficient (Wildman–Crippen LogP) is 2.68. The molecule has 1 aromatic rings. The normalized spacial score (nSPS) is 27.6. The van der Waals surface area contributed by atoms with E-state index >= 15 is 0 Å². The summed E-state index contributed by atoms with van der Waals surface area (Å²) in [6.07, 6.45) is 3.89. The van der Waals surface area contributed by atoms with Crippen molar-refractivity contribution in [3.05, 3.63) is 22.4 Å². The molecule has 4 heteroatoms. The topological polar surface area (TPSA) is 23.6 Å². The van der Waals surface area contributed by atoms with E-state index < -0.39 is 0 Å². The van der Waals surface area contributed by atoms with E-state index in [1.54, 1.807) is 11.3 Å². The Morgan fingerprint density at radius 1 is 1.30 bits per heavy atom. The number of amides is 1. The monoisotopic (exact) mass is 292 g/mol. The number of nitrogens with zero attached hydrogens (tertiary/aromatic N) is 2. The van der Waals surface area contributed by atoms with Crippen LogP contribution in [0, 0.1) is 17.8 Å². The highest BCUT2D eigenvalue weighted by molar-refractivity contribution is 7.09. The van der Waals surface area contributed by atoms with Crippen molar-refractivity contribution in [1.29, 1.82) is 0 Å². The Labute approximate surface area is 125 Å². The molecule has 3 rings (SSSR count). The lowest BCUT2D eigenvalue weighted by Gasteiger charge is -2.25. The predicted molar refractivity (Wildman–Crippen MR) is 82.6 cm³/mol. The number of carbonyl (C=O) groups excluding carboxylic acids is 1. The molecule has 20 heavy (non-hydrogen) atoms. The van der Waals surface area contributed by atoms with Crippen LogP contribution in [0.3, 0.4) is 0 Å². The number of thiophene rings is 1. The van der Waals surface area contributed by atoms with E-state index in [1.807, 2.05) is 0 Å². The van der Waals surface area contributed by atoms with Gasteiger partial charge in [-0.25, -0.2) is 0 Å². The quantitative estimate of drug-likeness (QED) is 0.805. The zero-order chi connectivity index (χ0) is 14.1. The maximum absolute atomic E-state index is 12.8. The van der Waals surface area contributed by atoms with Gasteiger partial charge in [0, 0.05) is 23.9 Å². The summed E-state index contributed by atoms with van der Waals surface area (Å²) >= 11 is 1.75. The molecule has 2 saturated carbocycles. The summed E-state index contributed by atoms with van der Waals surface area (Å²) in [6, 6.07) is 4.20. The Kier molecular flexibility index (Phi) is 4.13. The first-order chi connectivity index (χ1) is 9.66. The third kappa shape index (κ3) is 2.91. The Balaban J connectivity index is 1.63. The molecule has 0 unspecified atom stereocenters. The van der Waals surface area contributed by atoms with Crippen LogP contribution in [0.15, 0.2) is 17.5 Å². The van der Waals surface area contributed by atoms with Gasteiger partial charge in [-0.3, -0.25) is 4.79 Å². The molecule has 2 aliphatic rings. The van der Waals surface area contributed by atoms with Crippen molar-refractivity contribution >= 4 is 17.2 Å². The van der Waals surface area contributed by atoms with Crippen molar-refractivity contribution in [2.75, 3.05) is 27.2 Å². The lowest BCUT2D eigenvalue weighted by atomic mass is 10.1. The van der Waals surface area contributed by atoms with E-state index in [0.29, 0.717) is 23.7 Å². The molecule has 3 nitrogen and oxygen atoms in total. The zero-order valence-electron chi connectivity index (χ0n) is 12.4. The molecule has 0 bridgehead atoms. The Morgan fingerprint density at radius 3 is 2.65 bits per heavy atom. The van der Waals surface area contributed by atoms with Crippen LogP contribution in [-0.4, -0.2) is 42.9 Å². The maximum atomic E-state index is 12.8. The standard InChI is InChI=1S/C16H24N2OS/c1-17(2)8-9-18(11-12-5-4-10-20-12)16(19)15-13-6-3-7-14(13)15/h4-5,10,13-15H,3,6-9,11H2,1-2H3/t13-,14-/m0/s1. The first-order valence-corrected chi connectivity index (χ1v) is 8.50. The minimum absolute atomic E-state index is 0.353. The van der Waals surface area contributed by atoms with Crippen LogP contribution >= 0.6 is 11.3 Å². The highest BCUT2D eigenvalue weighted by Crippen LogP contribution is 2.58. The molecular weight excluding hydrogens is 268 g/mol. The van der Waals surface area contributed by atoms with Crippen molar-refractivity contribution in [3.8, 4) is 0 Å². The fraction of sp³-hybridized carbons (Fsp3) is 0.688. The minimum atomic E-state index is 0.353. The van der Waals surface area contributed by atoms with Crippen molar-refractivity contribution in [2.24, 2.45) is 17.8 Å². The first-order valence-electron chi connectivity index (χ1n) is 7.62. The summed E-state index contributed by atoms with van der Waals surface area (Å²) in [5.74, 6) is 2.20. The first kappa shape index (κ1) is 14.1. The van der Waals surface area contributed by atoms with Gasteiger partial charge in [0.15, 0.2) is 0 Å². The summed E-state index contributed by atoms with van der Waals surface area (Å²) in [5, 5.41) is 2.09. The van der Waals surface area contributed by atoms with Crippen LogP contribution in [0.2, 0.25) is 0 Å². The second-order valence-electron chi connectivity index (χ2n) is 6.43. The lowest BCUT2D eigenvalue weighted by molar-refractivity contribution is -0.134. The van der Waals surface area contributed by atoms with Gasteiger partial charge in [0.2, 0.25) is 5.91 Å². The van der Waals surface area contributed by atoms with Gasteiger partial charge in [-0.1, -0.05) is 12.5 Å². The van der Waals surface area contributed by atoms with Crippen LogP contribution in [0.1, 0.15) is 24.1 Å². The van der Waals surface area contributed by atoms with Gasteiger partial charge in [-0.2, -0.15) is 0 Å². The summed E-state index contributed by atoms with van der Waals surface area (Å²) in [4.78, 5) is 18.3. The summed E-state index contributed by atoms with van der Waals surface area (Å²) in [5.41, 5.74) is 0. The van der Waals surface area contributed by atoms with Crippen LogP contribution in [0.4, 0.5) is 0 Å². The third-order valence-electron chi connectivity index (χ3n) is 4.75. The van der Waals surface area contributed by atoms with Crippen molar-refractivity contribution < 1.29 is 4.79 Å². The number of likely N-dealkylation sites (N-methyl/N-ethyl adjacent to an activating group) is 1. The van der Waals surface area contributed by atoms with Crippen LogP contribution in [0.5, 0.6) is 0 Å². The molecule has 0 saturated heterocycles. The molecule has 0 N–H and O–H groups in total. The van der Waals surface area contributed by atoms with Crippen molar-refractivity contribution in [3.63, 3.8) is 0 Å². The van der Waals surface area contributed by atoms with Gasteiger partial charge in [-0.15, -0.1) is 11.3 Å². The Morgan fingerprint density at radius 2 is 2.05 bits per heavy atom. The van der Waals surface area contributed by atoms with Crippen LogP contribution in [0.25, 0.3) is 0 Å². The second kappa shape index (κ2) is 5.86. The van der Waals surface area contributed by atoms with Gasteiger partial charge in [0.25, 0.3) is 0 Å². The fourth-order valence-corrected chi connectivity index (χ4v) is 4.30. The maximum Gasteiger partial charge on any atom is 0.226 e. The van der Waals surface area contributed by atoms with Gasteiger partial charge in [0.1, 0.15) is 0 Å². The molecule has 0 aliphatic heterocycles. The van der Waals surface area contributed by atoms with E-state index in [2.05, 4.69) is 41.4 Å². The molecule has 110 valence electrons. The average molecular weight is 292 g/mol. The minimum Gasteiger partial charge on any atom is -0.336 e. The number of rotatable bonds is 6. The molecule has 0 spiro atoms. The van der Waals surface area contributed by atoms with Gasteiger partial charge >= 0.3 is 0 Å². The molecule has 2 aliphatic carbocycles. The molecular formula is C16H24N2OS. The van der Waals surface area contributed by atoms with E-state index in [0.717, 1.165) is 19.6 Å². The molecule has 1 heterocycles. The Hall–Kier alpha value is -0.870. The molecule has 1 amide bonds. The smallest absolute Gasteiger partial charge is 0.226 e. The number of carbonyl (C=O) groups is 1. The lowest BCUT2D eigenvalue weighted by Crippen LogP contribution is -2.37. The summed E-state index contributed by atoms with van der Waals surface area (Å²) < 4.78 is 0. The zero-order valence-corrected chi connectivity index (χ0v) is 13.2. The Bertz CT molecular complexity index is 447. The highest BCUT2D eigenvalue weighted by Gasteiger charge is 2.57. The molecule has 2 fully saturated rings. The van der Waals surface area contributed by atoms with E-state index in [9.17, 15) is 4.79 Å². The SMILES string of the molecule is CN(C)CCN(Cc1cccs1)C(=O)C1[C@H]2CCC[C@H]12. The van der Waals surface area contributed by atoms with Crippen molar-refractivity contribution in [1.82, 2.24) is 9.80 Å². The largest absolute Gasteiger partial charge is 0.336 e. The molecule has 1 aromatic heterocycles. The van der Waals surface area contributed by atoms with Crippen molar-refractivity contribution in [2.45, 2.75) is 25.8 Å². The fourth-order valence-electron chi connectivity index (χ4n) is 3.58. The van der Waals surface area contributed by atoms with Gasteiger partial charge < -0.3 is 9.80 Å². The summed E-state index contributed by atoms with van der Waals surface area (Å²) in [6.45, 7) is 2.58. The van der Waals surface area contributed by atoms with Gasteiger partial charge in [0.05, 0.1) is 6.54 Å². The van der Waals surface area contributed by atoms with Crippen LogP contribution < -0.4 is 0 Å². The summed E-state index contributed by atoms with van der Waals surface area (Å²) in [7, 11) is 4.14. The highest BCUT2D eigenvalue weighted by atomic mass is 32.1. The molecule has 2 atom stereocenters. The molecule has 0 radical (unpaired) electrons. The van der Waals surface area contributed by atoms with E-state index in [-0.39, 0.29) is 0 Å². The second-order valence-corrected chi connectivity index (χ2v) is 7.46.